The summed E-state index contributed by atoms with van der Waals surface area (Å²) in [5.74, 6) is 0. The summed E-state index contributed by atoms with van der Waals surface area (Å²) in [5.41, 5.74) is 4.88. The second kappa shape index (κ2) is 6.35. The van der Waals surface area contributed by atoms with Crippen LogP contribution in [-0.4, -0.2) is 11.2 Å². The summed E-state index contributed by atoms with van der Waals surface area (Å²) in [4.78, 5) is 0. The maximum absolute atomic E-state index is 9.37. The first-order chi connectivity index (χ1) is 9.19. The molecule has 0 fully saturated rings. The van der Waals surface area contributed by atoms with Crippen molar-refractivity contribution in [3.8, 4) is 11.1 Å². The lowest BCUT2D eigenvalue weighted by Crippen LogP contribution is -2.03. The molecule has 1 N–H and O–H groups in total. The zero-order valence-electron chi connectivity index (χ0n) is 11.3. The van der Waals surface area contributed by atoms with Gasteiger partial charge in [-0.2, -0.15) is 0 Å². The van der Waals surface area contributed by atoms with Gasteiger partial charge in [-0.3, -0.25) is 0 Å². The van der Waals surface area contributed by atoms with Crippen LogP contribution in [0.1, 0.15) is 18.1 Å². The molecular formula is C18H20O. The number of aliphatic hydroxyl groups is 1. The van der Waals surface area contributed by atoms with E-state index in [1.807, 2.05) is 13.0 Å². The fourth-order valence-corrected chi connectivity index (χ4v) is 2.17. The number of hydrogen-bond donors (Lipinski definition) is 1. The van der Waals surface area contributed by atoms with Crippen LogP contribution in [0.3, 0.4) is 0 Å². The third-order valence-electron chi connectivity index (χ3n) is 3.15. The van der Waals surface area contributed by atoms with E-state index >= 15 is 0 Å². The number of hydrogen-bond acceptors (Lipinski definition) is 1. The largest absolute Gasteiger partial charge is 0.393 e. The maximum atomic E-state index is 9.37. The minimum absolute atomic E-state index is 0.288. The van der Waals surface area contributed by atoms with Gasteiger partial charge in [-0.05, 0) is 42.0 Å². The van der Waals surface area contributed by atoms with Crippen LogP contribution in [-0.2, 0) is 12.8 Å². The third-order valence-corrected chi connectivity index (χ3v) is 3.15. The molecule has 0 aliphatic heterocycles. The van der Waals surface area contributed by atoms with Crippen molar-refractivity contribution < 1.29 is 5.11 Å². The summed E-state index contributed by atoms with van der Waals surface area (Å²) in [5, 5.41) is 9.37. The van der Waals surface area contributed by atoms with Gasteiger partial charge >= 0.3 is 0 Å². The molecule has 2 aromatic rings. The van der Waals surface area contributed by atoms with E-state index in [1.165, 1.54) is 22.3 Å². The molecule has 1 atom stereocenters. The second-order valence-corrected chi connectivity index (χ2v) is 4.94. The Hall–Kier alpha value is -1.86. The molecule has 1 nitrogen and oxygen atoms in total. The van der Waals surface area contributed by atoms with Gasteiger partial charge in [0.2, 0.25) is 0 Å². The summed E-state index contributed by atoms with van der Waals surface area (Å²) in [6.07, 6.45) is 3.25. The highest BCUT2D eigenvalue weighted by Gasteiger charge is 2.01. The van der Waals surface area contributed by atoms with E-state index in [4.69, 9.17) is 0 Å². The van der Waals surface area contributed by atoms with Crippen LogP contribution >= 0.6 is 0 Å². The minimum atomic E-state index is -0.288. The Balaban J connectivity index is 2.15. The van der Waals surface area contributed by atoms with Crippen LogP contribution in [0.5, 0.6) is 0 Å². The minimum Gasteiger partial charge on any atom is -0.393 e. The molecule has 0 saturated carbocycles. The molecule has 0 aliphatic rings. The van der Waals surface area contributed by atoms with Crippen molar-refractivity contribution in [2.75, 3.05) is 0 Å². The van der Waals surface area contributed by atoms with Crippen molar-refractivity contribution in [2.45, 2.75) is 25.9 Å². The lowest BCUT2D eigenvalue weighted by molar-refractivity contribution is 0.195. The summed E-state index contributed by atoms with van der Waals surface area (Å²) in [6, 6.07) is 17.0. The SMILES string of the molecule is C=CCc1ccc(-c2ccc(CC(C)O)cc2)cc1. The lowest BCUT2D eigenvalue weighted by atomic mass is 10.0. The molecular weight excluding hydrogens is 232 g/mol. The Bertz CT molecular complexity index is 521. The molecule has 0 amide bonds. The number of rotatable bonds is 5. The van der Waals surface area contributed by atoms with Gasteiger partial charge in [0.05, 0.1) is 6.10 Å². The van der Waals surface area contributed by atoms with E-state index in [2.05, 4.69) is 55.1 Å². The zero-order chi connectivity index (χ0) is 13.7. The van der Waals surface area contributed by atoms with Gasteiger partial charge in [0.1, 0.15) is 0 Å². The van der Waals surface area contributed by atoms with Crippen molar-refractivity contribution in [2.24, 2.45) is 0 Å². The molecule has 0 heterocycles. The Kier molecular flexibility index (Phi) is 4.53. The quantitative estimate of drug-likeness (QED) is 0.797. The van der Waals surface area contributed by atoms with Gasteiger partial charge in [0, 0.05) is 0 Å². The van der Waals surface area contributed by atoms with Crippen molar-refractivity contribution in [3.63, 3.8) is 0 Å². The molecule has 19 heavy (non-hydrogen) atoms. The topological polar surface area (TPSA) is 20.2 Å². The Morgan fingerprint density at radius 2 is 1.42 bits per heavy atom. The Morgan fingerprint density at radius 1 is 0.947 bits per heavy atom. The smallest absolute Gasteiger partial charge is 0.0552 e. The molecule has 2 aromatic carbocycles. The first-order valence-corrected chi connectivity index (χ1v) is 6.66. The zero-order valence-corrected chi connectivity index (χ0v) is 11.3. The van der Waals surface area contributed by atoms with Gasteiger partial charge in [0.15, 0.2) is 0 Å². The third kappa shape index (κ3) is 3.80. The van der Waals surface area contributed by atoms with Crippen LogP contribution in [0, 0.1) is 0 Å². The summed E-state index contributed by atoms with van der Waals surface area (Å²) >= 11 is 0. The molecule has 0 saturated heterocycles. The van der Waals surface area contributed by atoms with Crippen molar-refractivity contribution >= 4 is 0 Å². The van der Waals surface area contributed by atoms with Gasteiger partial charge in [-0.1, -0.05) is 54.6 Å². The van der Waals surface area contributed by atoms with Crippen LogP contribution in [0.15, 0.2) is 61.2 Å². The molecule has 0 bridgehead atoms. The standard InChI is InChI=1S/C18H20O/c1-3-4-15-5-9-17(10-6-15)18-11-7-16(8-12-18)13-14(2)19/h3,5-12,14,19H,1,4,13H2,2H3. The number of benzene rings is 2. The maximum Gasteiger partial charge on any atom is 0.0552 e. The summed E-state index contributed by atoms with van der Waals surface area (Å²) in [7, 11) is 0. The molecule has 0 spiro atoms. The highest BCUT2D eigenvalue weighted by atomic mass is 16.3. The Labute approximate surface area is 115 Å². The normalized spacial score (nSPS) is 12.1. The fourth-order valence-electron chi connectivity index (χ4n) is 2.17. The first-order valence-electron chi connectivity index (χ1n) is 6.66. The molecule has 2 rings (SSSR count). The van der Waals surface area contributed by atoms with Crippen molar-refractivity contribution in [1.82, 2.24) is 0 Å². The highest BCUT2D eigenvalue weighted by Crippen LogP contribution is 2.21. The van der Waals surface area contributed by atoms with Gasteiger partial charge in [-0.25, -0.2) is 0 Å². The average Bonchev–Trinajstić information content (AvgIpc) is 2.40. The molecule has 1 unspecified atom stereocenters. The highest BCUT2D eigenvalue weighted by molar-refractivity contribution is 5.64. The van der Waals surface area contributed by atoms with E-state index in [0.29, 0.717) is 6.42 Å². The fraction of sp³-hybridized carbons (Fsp3) is 0.222. The number of allylic oxidation sites excluding steroid dienone is 1. The van der Waals surface area contributed by atoms with E-state index in [9.17, 15) is 5.11 Å². The van der Waals surface area contributed by atoms with Crippen molar-refractivity contribution in [1.29, 1.82) is 0 Å². The van der Waals surface area contributed by atoms with E-state index < -0.39 is 0 Å². The Morgan fingerprint density at radius 3 is 1.84 bits per heavy atom. The summed E-state index contributed by atoms with van der Waals surface area (Å²) < 4.78 is 0. The molecule has 0 radical (unpaired) electrons. The van der Waals surface area contributed by atoms with Crippen LogP contribution in [0.4, 0.5) is 0 Å². The van der Waals surface area contributed by atoms with Gasteiger partial charge in [0.25, 0.3) is 0 Å². The predicted molar refractivity (Wildman–Crippen MR) is 81.2 cm³/mol. The second-order valence-electron chi connectivity index (χ2n) is 4.94. The van der Waals surface area contributed by atoms with E-state index in [1.54, 1.807) is 0 Å². The van der Waals surface area contributed by atoms with Gasteiger partial charge in [-0.15, -0.1) is 6.58 Å². The van der Waals surface area contributed by atoms with Crippen LogP contribution < -0.4 is 0 Å². The molecule has 98 valence electrons. The summed E-state index contributed by atoms with van der Waals surface area (Å²) in [6.45, 7) is 5.56. The monoisotopic (exact) mass is 252 g/mol. The van der Waals surface area contributed by atoms with Gasteiger partial charge < -0.3 is 5.11 Å². The predicted octanol–water partition coefficient (Wildman–Crippen LogP) is 4.01. The molecule has 1 heteroatoms. The average molecular weight is 252 g/mol. The molecule has 0 aliphatic carbocycles. The number of aliphatic hydroxyl groups excluding tert-OH is 1. The van der Waals surface area contributed by atoms with Crippen molar-refractivity contribution in [3.05, 3.63) is 72.3 Å². The first kappa shape index (κ1) is 13.6. The molecule has 0 aromatic heterocycles. The van der Waals surface area contributed by atoms with Crippen LogP contribution in [0.2, 0.25) is 0 Å². The van der Waals surface area contributed by atoms with Crippen LogP contribution in [0.25, 0.3) is 11.1 Å². The van der Waals surface area contributed by atoms with E-state index in [-0.39, 0.29) is 6.10 Å². The van der Waals surface area contributed by atoms with E-state index in [0.717, 1.165) is 6.42 Å². The lowest BCUT2D eigenvalue weighted by Gasteiger charge is -2.07.